The summed E-state index contributed by atoms with van der Waals surface area (Å²) in [6.45, 7) is 0. The Morgan fingerprint density at radius 3 is 1.21 bits per heavy atom. The van der Waals surface area contributed by atoms with Crippen LogP contribution >= 0.6 is 0 Å². The fraction of sp³-hybridized carbons (Fsp3) is 1.00. The molecule has 5 fully saturated rings. The van der Waals surface area contributed by atoms with Gasteiger partial charge in [-0.15, -0.1) is 0 Å². The van der Waals surface area contributed by atoms with Gasteiger partial charge in [-0.1, -0.05) is 12.8 Å². The Morgan fingerprint density at radius 1 is 0.500 bits per heavy atom. The molecule has 0 radical (unpaired) electrons. The molecule has 3 saturated carbocycles. The second-order valence-electron chi connectivity index (χ2n) is 8.25. The summed E-state index contributed by atoms with van der Waals surface area (Å²) >= 11 is 0. The zero-order valence-electron chi connectivity index (χ0n) is 14.1. The minimum absolute atomic E-state index is 0.354. The molecular formula is C18H28O6. The minimum atomic E-state index is -0.986. The summed E-state index contributed by atoms with van der Waals surface area (Å²) in [5.41, 5.74) is 0. The second-order valence-corrected chi connectivity index (χ2v) is 8.25. The number of aliphatic hydroxyl groups excluding tert-OH is 2. The van der Waals surface area contributed by atoms with Crippen LogP contribution < -0.4 is 0 Å². The number of rotatable bonds is 0. The first-order chi connectivity index (χ1) is 11.6. The monoisotopic (exact) mass is 340 g/mol. The first-order valence-corrected chi connectivity index (χ1v) is 9.69. The Kier molecular flexibility index (Phi) is 3.75. The normalized spacial score (nSPS) is 49.2. The molecule has 6 atom stereocenters. The zero-order valence-corrected chi connectivity index (χ0v) is 14.1. The molecular weight excluding hydrogens is 312 g/mol. The molecule has 5 aliphatic rings. The largest absolute Gasteiger partial charge is 0.387 e. The van der Waals surface area contributed by atoms with Crippen LogP contribution in [0.15, 0.2) is 0 Å². The van der Waals surface area contributed by atoms with E-state index < -0.39 is 36.0 Å². The van der Waals surface area contributed by atoms with Gasteiger partial charge in [0.05, 0.1) is 0 Å². The van der Waals surface area contributed by atoms with Crippen molar-refractivity contribution in [3.63, 3.8) is 0 Å². The second kappa shape index (κ2) is 5.63. The molecule has 2 spiro atoms. The summed E-state index contributed by atoms with van der Waals surface area (Å²) in [6.07, 6.45) is 6.38. The first kappa shape index (κ1) is 16.0. The summed E-state index contributed by atoms with van der Waals surface area (Å²) < 4.78 is 25.1. The van der Waals surface area contributed by atoms with Crippen LogP contribution in [0.3, 0.4) is 0 Å². The van der Waals surface area contributed by atoms with Gasteiger partial charge in [-0.25, -0.2) is 0 Å². The van der Waals surface area contributed by atoms with E-state index in [0.29, 0.717) is 0 Å². The van der Waals surface area contributed by atoms with Crippen LogP contribution in [0.4, 0.5) is 0 Å². The summed E-state index contributed by atoms with van der Waals surface area (Å²) in [5.74, 6) is -1.20. The number of hydrogen-bond acceptors (Lipinski definition) is 6. The summed E-state index contributed by atoms with van der Waals surface area (Å²) in [7, 11) is 0. The van der Waals surface area contributed by atoms with Gasteiger partial charge in [0.2, 0.25) is 0 Å². The molecule has 2 aliphatic heterocycles. The molecule has 0 aromatic heterocycles. The van der Waals surface area contributed by atoms with Gasteiger partial charge in [0, 0.05) is 25.7 Å². The van der Waals surface area contributed by atoms with E-state index in [1.807, 2.05) is 0 Å². The van der Waals surface area contributed by atoms with E-state index in [9.17, 15) is 10.2 Å². The molecule has 2 N–H and O–H groups in total. The molecule has 6 nitrogen and oxygen atoms in total. The third-order valence-electron chi connectivity index (χ3n) is 6.63. The van der Waals surface area contributed by atoms with Crippen molar-refractivity contribution in [1.29, 1.82) is 0 Å². The van der Waals surface area contributed by atoms with Crippen molar-refractivity contribution in [3.05, 3.63) is 0 Å². The Morgan fingerprint density at radius 2 is 0.833 bits per heavy atom. The van der Waals surface area contributed by atoms with Gasteiger partial charge in [-0.05, 0) is 25.7 Å². The van der Waals surface area contributed by atoms with Crippen molar-refractivity contribution >= 4 is 0 Å². The van der Waals surface area contributed by atoms with Crippen molar-refractivity contribution in [2.75, 3.05) is 0 Å². The molecule has 5 rings (SSSR count). The lowest BCUT2D eigenvalue weighted by atomic mass is 9.85. The van der Waals surface area contributed by atoms with Crippen molar-refractivity contribution < 1.29 is 29.2 Å². The maximum absolute atomic E-state index is 10.6. The number of aliphatic hydroxyl groups is 2. The maximum Gasteiger partial charge on any atom is 0.169 e. The van der Waals surface area contributed by atoms with E-state index in [-0.39, 0.29) is 12.2 Å². The van der Waals surface area contributed by atoms with Crippen LogP contribution in [-0.4, -0.2) is 58.4 Å². The highest BCUT2D eigenvalue weighted by Gasteiger charge is 2.65. The first-order valence-electron chi connectivity index (χ1n) is 9.69. The molecule has 136 valence electrons. The highest BCUT2D eigenvalue weighted by atomic mass is 16.8. The predicted octanol–water partition coefficient (Wildman–Crippen LogP) is 1.61. The SMILES string of the molecule is O[C@@H]1[C@@H](O)[C@@H]2OC3(CCCCC3)O[C@@H]2[C@@H]2OC3(CCCCC3)O[C@H]12. The molecule has 6 heteroatoms. The van der Waals surface area contributed by atoms with E-state index in [2.05, 4.69) is 0 Å². The number of fused-ring (bicyclic) bond motifs is 3. The standard InChI is InChI=1S/C18H28O6/c19-11-12(20)14-16(24-18(22-14)9-5-2-6-10-18)15-13(11)21-17(23-15)7-3-1-4-8-17/h11-16,19-20H,1-10H2/t11-,12-,13-,14+,15-,16+/m1/s1. The number of hydrogen-bond donors (Lipinski definition) is 2. The van der Waals surface area contributed by atoms with Gasteiger partial charge in [0.15, 0.2) is 11.6 Å². The molecule has 2 saturated heterocycles. The molecule has 0 aromatic carbocycles. The van der Waals surface area contributed by atoms with Gasteiger partial charge < -0.3 is 29.2 Å². The van der Waals surface area contributed by atoms with Crippen LogP contribution in [0.5, 0.6) is 0 Å². The Labute approximate surface area is 142 Å². The van der Waals surface area contributed by atoms with E-state index in [0.717, 1.165) is 51.4 Å². The number of ether oxygens (including phenoxy) is 4. The highest BCUT2D eigenvalue weighted by molar-refractivity contribution is 5.09. The lowest BCUT2D eigenvalue weighted by molar-refractivity contribution is -0.224. The fourth-order valence-corrected chi connectivity index (χ4v) is 5.39. The van der Waals surface area contributed by atoms with Crippen molar-refractivity contribution in [2.24, 2.45) is 0 Å². The lowest BCUT2D eigenvalue weighted by Crippen LogP contribution is -2.61. The summed E-state index contributed by atoms with van der Waals surface area (Å²) in [4.78, 5) is 0. The van der Waals surface area contributed by atoms with Crippen LogP contribution in [0.2, 0.25) is 0 Å². The third-order valence-corrected chi connectivity index (χ3v) is 6.63. The average molecular weight is 340 g/mol. The van der Waals surface area contributed by atoms with Crippen LogP contribution in [0.25, 0.3) is 0 Å². The molecule has 3 aliphatic carbocycles. The van der Waals surface area contributed by atoms with Gasteiger partial charge in [0.1, 0.15) is 36.6 Å². The van der Waals surface area contributed by atoms with Crippen molar-refractivity contribution in [1.82, 2.24) is 0 Å². The Hall–Kier alpha value is -0.240. The summed E-state index contributed by atoms with van der Waals surface area (Å²) in [5, 5.41) is 21.2. The zero-order chi connectivity index (χ0) is 16.4. The maximum atomic E-state index is 10.6. The molecule has 0 amide bonds. The quantitative estimate of drug-likeness (QED) is 0.698. The van der Waals surface area contributed by atoms with Crippen molar-refractivity contribution in [2.45, 2.75) is 112 Å². The van der Waals surface area contributed by atoms with E-state index >= 15 is 0 Å². The molecule has 2 heterocycles. The topological polar surface area (TPSA) is 77.4 Å². The average Bonchev–Trinajstić information content (AvgIpc) is 3.14. The fourth-order valence-electron chi connectivity index (χ4n) is 5.39. The van der Waals surface area contributed by atoms with E-state index in [4.69, 9.17) is 18.9 Å². The Balaban J connectivity index is 1.42. The van der Waals surface area contributed by atoms with Gasteiger partial charge in [0.25, 0.3) is 0 Å². The molecule has 24 heavy (non-hydrogen) atoms. The van der Waals surface area contributed by atoms with E-state index in [1.165, 1.54) is 12.8 Å². The lowest BCUT2D eigenvalue weighted by Gasteiger charge is -2.38. The van der Waals surface area contributed by atoms with Gasteiger partial charge in [-0.2, -0.15) is 0 Å². The Bertz CT molecular complexity index is 440. The smallest absolute Gasteiger partial charge is 0.169 e. The molecule has 0 bridgehead atoms. The third kappa shape index (κ3) is 2.31. The van der Waals surface area contributed by atoms with E-state index in [1.54, 1.807) is 0 Å². The summed E-state index contributed by atoms with van der Waals surface area (Å²) in [6, 6.07) is 0. The van der Waals surface area contributed by atoms with Gasteiger partial charge in [-0.3, -0.25) is 0 Å². The minimum Gasteiger partial charge on any atom is -0.387 e. The highest BCUT2D eigenvalue weighted by Crippen LogP contribution is 2.51. The predicted molar refractivity (Wildman–Crippen MR) is 83.1 cm³/mol. The van der Waals surface area contributed by atoms with Crippen LogP contribution in [0.1, 0.15) is 64.2 Å². The van der Waals surface area contributed by atoms with Crippen LogP contribution in [-0.2, 0) is 18.9 Å². The van der Waals surface area contributed by atoms with Crippen molar-refractivity contribution in [3.8, 4) is 0 Å². The molecule has 0 aromatic rings. The van der Waals surface area contributed by atoms with Crippen LogP contribution in [0, 0.1) is 0 Å². The van der Waals surface area contributed by atoms with Gasteiger partial charge >= 0.3 is 0 Å². The molecule has 0 unspecified atom stereocenters.